The molecule has 0 unspecified atom stereocenters. The first-order valence-electron chi connectivity index (χ1n) is 11.1. The van der Waals surface area contributed by atoms with E-state index < -0.39 is 0 Å². The molecule has 0 spiro atoms. The maximum atomic E-state index is 13.6. The van der Waals surface area contributed by atoms with Crippen LogP contribution in [0.3, 0.4) is 0 Å². The molecule has 182 valence electrons. The predicted molar refractivity (Wildman–Crippen MR) is 142 cm³/mol. The van der Waals surface area contributed by atoms with Gasteiger partial charge in [-0.1, -0.05) is 41.6 Å². The summed E-state index contributed by atoms with van der Waals surface area (Å²) in [6.07, 6.45) is 0. The standard InChI is InChI=1S/C27H22ClN3O4S/c1-16-22(29-25(35-16)17-7-6-8-18(28)13-17)15-36-27-30-21-10-5-4-9-20(21)26(32)31(27)23-12-11-19(33-2)14-24(23)34-3/h4-14H,15H2,1-3H3. The quantitative estimate of drug-likeness (QED) is 0.184. The number of hydrogen-bond acceptors (Lipinski definition) is 7. The average molecular weight is 520 g/mol. The van der Waals surface area contributed by atoms with Gasteiger partial charge in [0.25, 0.3) is 5.56 Å². The zero-order valence-electron chi connectivity index (χ0n) is 19.8. The van der Waals surface area contributed by atoms with Crippen molar-refractivity contribution >= 4 is 34.3 Å². The Hall–Kier alpha value is -3.75. The van der Waals surface area contributed by atoms with Crippen LogP contribution in [0.5, 0.6) is 11.5 Å². The second kappa shape index (κ2) is 10.1. The van der Waals surface area contributed by atoms with E-state index in [0.717, 1.165) is 11.3 Å². The zero-order valence-corrected chi connectivity index (χ0v) is 21.4. The van der Waals surface area contributed by atoms with Gasteiger partial charge in [-0.25, -0.2) is 9.97 Å². The van der Waals surface area contributed by atoms with Gasteiger partial charge in [-0.05, 0) is 49.4 Å². The normalized spacial score (nSPS) is 11.1. The number of ether oxygens (including phenoxy) is 2. The Kier molecular flexibility index (Phi) is 6.71. The van der Waals surface area contributed by atoms with Crippen LogP contribution in [0.4, 0.5) is 0 Å². The number of fused-ring (bicyclic) bond motifs is 1. The number of aromatic nitrogens is 3. The van der Waals surface area contributed by atoms with Crippen molar-refractivity contribution in [1.29, 1.82) is 0 Å². The van der Waals surface area contributed by atoms with Crippen molar-refractivity contribution in [2.24, 2.45) is 0 Å². The van der Waals surface area contributed by atoms with E-state index in [0.29, 0.717) is 55.7 Å². The lowest BCUT2D eigenvalue weighted by Crippen LogP contribution is -2.22. The number of hydrogen-bond donors (Lipinski definition) is 0. The molecule has 0 atom stereocenters. The van der Waals surface area contributed by atoms with E-state index in [1.54, 1.807) is 49.1 Å². The largest absolute Gasteiger partial charge is 0.497 e. The van der Waals surface area contributed by atoms with Crippen LogP contribution >= 0.6 is 23.4 Å². The van der Waals surface area contributed by atoms with Crippen molar-refractivity contribution in [3.8, 4) is 28.6 Å². The molecule has 0 radical (unpaired) electrons. The van der Waals surface area contributed by atoms with Gasteiger partial charge in [-0.2, -0.15) is 0 Å². The summed E-state index contributed by atoms with van der Waals surface area (Å²) in [6.45, 7) is 1.87. The van der Waals surface area contributed by atoms with E-state index in [-0.39, 0.29) is 5.56 Å². The van der Waals surface area contributed by atoms with Crippen molar-refractivity contribution in [2.45, 2.75) is 17.8 Å². The molecule has 3 aromatic carbocycles. The lowest BCUT2D eigenvalue weighted by molar-refractivity contribution is 0.392. The molecule has 7 nitrogen and oxygen atoms in total. The van der Waals surface area contributed by atoms with Gasteiger partial charge in [0.1, 0.15) is 17.3 Å². The first-order valence-corrected chi connectivity index (χ1v) is 12.4. The summed E-state index contributed by atoms with van der Waals surface area (Å²) in [7, 11) is 3.14. The van der Waals surface area contributed by atoms with Gasteiger partial charge in [0.15, 0.2) is 5.16 Å². The van der Waals surface area contributed by atoms with Gasteiger partial charge in [0, 0.05) is 22.4 Å². The molecule has 5 aromatic rings. The molecule has 0 bridgehead atoms. The molecule has 0 saturated carbocycles. The minimum Gasteiger partial charge on any atom is -0.497 e. The molecule has 5 rings (SSSR count). The van der Waals surface area contributed by atoms with Crippen molar-refractivity contribution in [2.75, 3.05) is 14.2 Å². The Morgan fingerprint density at radius 3 is 2.61 bits per heavy atom. The highest BCUT2D eigenvalue weighted by Crippen LogP contribution is 2.33. The number of benzene rings is 3. The van der Waals surface area contributed by atoms with Crippen LogP contribution in [0.25, 0.3) is 28.0 Å². The molecule has 0 fully saturated rings. The third-order valence-electron chi connectivity index (χ3n) is 5.67. The fourth-order valence-corrected chi connectivity index (χ4v) is 5.03. The topological polar surface area (TPSA) is 79.4 Å². The smallest absolute Gasteiger partial charge is 0.266 e. The van der Waals surface area contributed by atoms with Crippen LogP contribution in [0.2, 0.25) is 5.02 Å². The van der Waals surface area contributed by atoms with Crippen LogP contribution in [-0.2, 0) is 5.75 Å². The number of oxazole rings is 1. The lowest BCUT2D eigenvalue weighted by Gasteiger charge is -2.16. The van der Waals surface area contributed by atoms with E-state index in [9.17, 15) is 4.79 Å². The van der Waals surface area contributed by atoms with Crippen LogP contribution in [0.1, 0.15) is 11.5 Å². The van der Waals surface area contributed by atoms with E-state index in [2.05, 4.69) is 4.98 Å². The molecular weight excluding hydrogens is 498 g/mol. The summed E-state index contributed by atoms with van der Waals surface area (Å²) >= 11 is 7.53. The fraction of sp³-hybridized carbons (Fsp3) is 0.148. The second-order valence-electron chi connectivity index (χ2n) is 7.91. The number of rotatable bonds is 7. The summed E-state index contributed by atoms with van der Waals surface area (Å²) in [6, 6.07) is 20.0. The molecule has 2 aromatic heterocycles. The molecule has 0 aliphatic heterocycles. The second-order valence-corrected chi connectivity index (χ2v) is 9.29. The van der Waals surface area contributed by atoms with E-state index in [4.69, 9.17) is 30.5 Å². The highest BCUT2D eigenvalue weighted by molar-refractivity contribution is 7.98. The maximum absolute atomic E-state index is 13.6. The zero-order chi connectivity index (χ0) is 25.2. The van der Waals surface area contributed by atoms with Gasteiger partial charge in [0.05, 0.1) is 36.5 Å². The minimum atomic E-state index is -0.192. The van der Waals surface area contributed by atoms with Crippen molar-refractivity contribution < 1.29 is 13.9 Å². The lowest BCUT2D eigenvalue weighted by atomic mass is 10.2. The maximum Gasteiger partial charge on any atom is 0.266 e. The molecule has 0 aliphatic carbocycles. The Bertz CT molecular complexity index is 1630. The summed E-state index contributed by atoms with van der Waals surface area (Å²) in [5.74, 6) is 2.74. The van der Waals surface area contributed by atoms with Crippen LogP contribution < -0.4 is 15.0 Å². The van der Waals surface area contributed by atoms with Gasteiger partial charge in [-0.15, -0.1) is 0 Å². The molecule has 0 saturated heterocycles. The Labute approximate surface area is 216 Å². The van der Waals surface area contributed by atoms with Crippen LogP contribution in [0, 0.1) is 6.92 Å². The number of aryl methyl sites for hydroxylation is 1. The van der Waals surface area contributed by atoms with Gasteiger partial charge >= 0.3 is 0 Å². The molecular formula is C27H22ClN3O4S. The molecule has 36 heavy (non-hydrogen) atoms. The van der Waals surface area contributed by atoms with E-state index >= 15 is 0 Å². The monoisotopic (exact) mass is 519 g/mol. The highest BCUT2D eigenvalue weighted by Gasteiger charge is 2.19. The fourth-order valence-electron chi connectivity index (χ4n) is 3.83. The Balaban J connectivity index is 1.57. The first-order chi connectivity index (χ1) is 17.5. The number of methoxy groups -OCH3 is 2. The molecule has 0 amide bonds. The predicted octanol–water partition coefficient (Wildman–Crippen LogP) is 6.31. The highest BCUT2D eigenvalue weighted by atomic mass is 35.5. The Morgan fingerprint density at radius 2 is 1.83 bits per heavy atom. The molecule has 0 N–H and O–H groups in total. The van der Waals surface area contributed by atoms with Crippen molar-refractivity contribution in [1.82, 2.24) is 14.5 Å². The minimum absolute atomic E-state index is 0.192. The van der Waals surface area contributed by atoms with Crippen molar-refractivity contribution in [3.05, 3.63) is 93.6 Å². The summed E-state index contributed by atoms with van der Waals surface area (Å²) in [5, 5.41) is 1.63. The van der Waals surface area contributed by atoms with E-state index in [1.807, 2.05) is 43.3 Å². The third-order valence-corrected chi connectivity index (χ3v) is 6.86. The number of nitrogens with zero attached hydrogens (tertiary/aromatic N) is 3. The van der Waals surface area contributed by atoms with Crippen LogP contribution in [-0.4, -0.2) is 28.8 Å². The summed E-state index contributed by atoms with van der Waals surface area (Å²) in [5.41, 5.74) is 2.55. The third kappa shape index (κ3) is 4.57. The average Bonchev–Trinajstić information content (AvgIpc) is 3.27. The summed E-state index contributed by atoms with van der Waals surface area (Å²) in [4.78, 5) is 23.1. The molecule has 2 heterocycles. The van der Waals surface area contributed by atoms with Gasteiger partial charge in [0.2, 0.25) is 5.89 Å². The number of para-hydroxylation sites is 1. The number of thioether (sulfide) groups is 1. The van der Waals surface area contributed by atoms with Gasteiger partial charge in [-0.3, -0.25) is 9.36 Å². The first kappa shape index (κ1) is 24.0. The summed E-state index contributed by atoms with van der Waals surface area (Å²) < 4.78 is 18.4. The van der Waals surface area contributed by atoms with Crippen LogP contribution in [0.15, 0.2) is 81.1 Å². The number of halogens is 1. The molecule has 9 heteroatoms. The Morgan fingerprint density at radius 1 is 1.00 bits per heavy atom. The van der Waals surface area contributed by atoms with Crippen molar-refractivity contribution in [3.63, 3.8) is 0 Å². The van der Waals surface area contributed by atoms with E-state index in [1.165, 1.54) is 11.8 Å². The SMILES string of the molecule is COc1ccc(-n2c(SCc3nc(-c4cccc(Cl)c4)oc3C)nc3ccccc3c2=O)c(OC)c1. The van der Waals surface area contributed by atoms with Gasteiger partial charge < -0.3 is 13.9 Å². The molecule has 0 aliphatic rings.